The molecule has 30 heavy (non-hydrogen) atoms. The van der Waals surface area contributed by atoms with Crippen molar-refractivity contribution < 1.29 is 27.9 Å². The summed E-state index contributed by atoms with van der Waals surface area (Å²) in [5.74, 6) is -1.16. The SMILES string of the molecule is CC(C)(C(=O)Nc1cccc(OCC(=O)O)c1)c1ccc(S(=O)(=O)C=CC#N)cc1. The monoisotopic (exact) mass is 428 g/mol. The van der Waals surface area contributed by atoms with Crippen molar-refractivity contribution in [2.24, 2.45) is 0 Å². The summed E-state index contributed by atoms with van der Waals surface area (Å²) in [6.45, 7) is 2.88. The lowest BCUT2D eigenvalue weighted by atomic mass is 9.83. The van der Waals surface area contributed by atoms with Crippen LogP contribution in [-0.4, -0.2) is 32.0 Å². The van der Waals surface area contributed by atoms with Gasteiger partial charge in [0.1, 0.15) is 5.75 Å². The number of hydrogen-bond acceptors (Lipinski definition) is 6. The maximum absolute atomic E-state index is 12.8. The summed E-state index contributed by atoms with van der Waals surface area (Å²) in [4.78, 5) is 23.4. The number of anilines is 1. The molecule has 2 N–H and O–H groups in total. The molecule has 0 fully saturated rings. The molecular weight excluding hydrogens is 408 g/mol. The van der Waals surface area contributed by atoms with E-state index in [2.05, 4.69) is 5.32 Å². The number of nitrogens with one attached hydrogen (secondary N) is 1. The number of carboxylic acids is 1. The summed E-state index contributed by atoms with van der Waals surface area (Å²) in [5.41, 5.74) is 0.0150. The van der Waals surface area contributed by atoms with Crippen molar-refractivity contribution in [2.75, 3.05) is 11.9 Å². The fraction of sp³-hybridized carbons (Fsp3) is 0.190. The largest absolute Gasteiger partial charge is 0.482 e. The highest BCUT2D eigenvalue weighted by molar-refractivity contribution is 7.94. The van der Waals surface area contributed by atoms with Gasteiger partial charge in [-0.15, -0.1) is 0 Å². The van der Waals surface area contributed by atoms with E-state index in [-0.39, 0.29) is 10.8 Å². The van der Waals surface area contributed by atoms with Gasteiger partial charge in [-0.25, -0.2) is 13.2 Å². The minimum atomic E-state index is -3.73. The van der Waals surface area contributed by atoms with Gasteiger partial charge in [-0.1, -0.05) is 18.2 Å². The first-order valence-electron chi connectivity index (χ1n) is 8.74. The van der Waals surface area contributed by atoms with E-state index in [0.717, 1.165) is 11.5 Å². The molecule has 8 nitrogen and oxygen atoms in total. The zero-order valence-corrected chi connectivity index (χ0v) is 17.1. The van der Waals surface area contributed by atoms with Gasteiger partial charge in [0.05, 0.1) is 16.4 Å². The van der Waals surface area contributed by atoms with Crippen LogP contribution in [0.3, 0.4) is 0 Å². The van der Waals surface area contributed by atoms with Gasteiger partial charge in [0.15, 0.2) is 6.61 Å². The minimum absolute atomic E-state index is 0.0113. The number of allylic oxidation sites excluding steroid dienone is 1. The molecule has 0 aliphatic heterocycles. The number of nitriles is 1. The standard InChI is InChI=1S/C21H20N2O6S/c1-21(2,15-7-9-18(10-8-15)30(27,28)12-4-11-22)20(26)23-16-5-3-6-17(13-16)29-14-19(24)25/h3-10,12-13H,14H2,1-2H3,(H,23,26)(H,24,25). The fourth-order valence-corrected chi connectivity index (χ4v) is 3.40. The molecule has 0 heterocycles. The van der Waals surface area contributed by atoms with Crippen LogP contribution < -0.4 is 10.1 Å². The normalized spacial score (nSPS) is 11.6. The molecule has 0 saturated carbocycles. The van der Waals surface area contributed by atoms with Gasteiger partial charge in [0, 0.05) is 23.2 Å². The molecule has 1 amide bonds. The summed E-state index contributed by atoms with van der Waals surface area (Å²) in [6.07, 6.45) is 0.884. The van der Waals surface area contributed by atoms with E-state index in [1.165, 1.54) is 18.2 Å². The number of benzene rings is 2. The molecule has 2 aromatic carbocycles. The van der Waals surface area contributed by atoms with Gasteiger partial charge in [0.2, 0.25) is 15.7 Å². The number of carboxylic acid groups (broad SMARTS) is 1. The molecule has 0 saturated heterocycles. The summed E-state index contributed by atoms with van der Waals surface area (Å²) in [5, 5.41) is 20.8. The lowest BCUT2D eigenvalue weighted by Crippen LogP contribution is -2.34. The summed E-state index contributed by atoms with van der Waals surface area (Å²) in [7, 11) is -3.73. The van der Waals surface area contributed by atoms with E-state index >= 15 is 0 Å². The Balaban J connectivity index is 2.18. The highest BCUT2D eigenvalue weighted by Crippen LogP contribution is 2.27. The van der Waals surface area contributed by atoms with Crippen molar-refractivity contribution >= 4 is 27.4 Å². The number of nitrogens with zero attached hydrogens (tertiary/aromatic N) is 1. The number of hydrogen-bond donors (Lipinski definition) is 2. The molecular formula is C21H20N2O6S. The Morgan fingerprint density at radius 2 is 1.87 bits per heavy atom. The van der Waals surface area contributed by atoms with Crippen LogP contribution in [0.15, 0.2) is 64.9 Å². The maximum atomic E-state index is 12.8. The number of ether oxygens (including phenoxy) is 1. The predicted octanol–water partition coefficient (Wildman–Crippen LogP) is 2.88. The average Bonchev–Trinajstić information content (AvgIpc) is 2.71. The topological polar surface area (TPSA) is 134 Å². The third-order valence-corrected chi connectivity index (χ3v) is 5.67. The minimum Gasteiger partial charge on any atom is -0.482 e. The number of carbonyl (C=O) groups excluding carboxylic acids is 1. The number of carbonyl (C=O) groups is 2. The Hall–Kier alpha value is -3.64. The molecule has 0 spiro atoms. The van der Waals surface area contributed by atoms with Crippen LogP contribution in [0.5, 0.6) is 5.75 Å². The Bertz CT molecular complexity index is 1110. The molecule has 2 rings (SSSR count). The smallest absolute Gasteiger partial charge is 0.341 e. The Morgan fingerprint density at radius 3 is 2.47 bits per heavy atom. The van der Waals surface area contributed by atoms with E-state index in [0.29, 0.717) is 17.0 Å². The van der Waals surface area contributed by atoms with Gasteiger partial charge in [-0.05, 0) is 43.7 Å². The van der Waals surface area contributed by atoms with Crippen molar-refractivity contribution in [3.8, 4) is 11.8 Å². The van der Waals surface area contributed by atoms with Crippen LogP contribution in [0.1, 0.15) is 19.4 Å². The highest BCUT2D eigenvalue weighted by atomic mass is 32.2. The van der Waals surface area contributed by atoms with Crippen molar-refractivity contribution in [1.82, 2.24) is 0 Å². The Labute approximate surface area is 174 Å². The molecule has 9 heteroatoms. The molecule has 2 aromatic rings. The van der Waals surface area contributed by atoms with Crippen LogP contribution >= 0.6 is 0 Å². The molecule has 0 unspecified atom stereocenters. The summed E-state index contributed by atoms with van der Waals surface area (Å²) in [6, 6.07) is 13.8. The van der Waals surface area contributed by atoms with E-state index in [1.807, 2.05) is 0 Å². The molecule has 0 atom stereocenters. The quantitative estimate of drug-likeness (QED) is 0.618. The lowest BCUT2D eigenvalue weighted by Gasteiger charge is -2.24. The van der Waals surface area contributed by atoms with E-state index in [9.17, 15) is 18.0 Å². The number of sulfone groups is 1. The third-order valence-electron chi connectivity index (χ3n) is 4.25. The van der Waals surface area contributed by atoms with Crippen molar-refractivity contribution in [3.63, 3.8) is 0 Å². The van der Waals surface area contributed by atoms with Gasteiger partial charge in [-0.2, -0.15) is 5.26 Å². The first-order valence-corrected chi connectivity index (χ1v) is 10.3. The predicted molar refractivity (Wildman–Crippen MR) is 110 cm³/mol. The second-order valence-electron chi connectivity index (χ2n) is 6.79. The number of aliphatic carboxylic acids is 1. The molecule has 156 valence electrons. The zero-order valence-electron chi connectivity index (χ0n) is 16.3. The zero-order chi connectivity index (χ0) is 22.4. The first kappa shape index (κ1) is 22.6. The van der Waals surface area contributed by atoms with Crippen LogP contribution in [0.25, 0.3) is 0 Å². The van der Waals surface area contributed by atoms with Gasteiger partial charge in [0.25, 0.3) is 0 Å². The molecule has 0 radical (unpaired) electrons. The Morgan fingerprint density at radius 1 is 1.20 bits per heavy atom. The number of rotatable bonds is 8. The Kier molecular flexibility index (Phi) is 6.97. The third kappa shape index (κ3) is 5.68. The van der Waals surface area contributed by atoms with Gasteiger partial charge < -0.3 is 15.2 Å². The van der Waals surface area contributed by atoms with Gasteiger partial charge in [-0.3, -0.25) is 4.79 Å². The maximum Gasteiger partial charge on any atom is 0.341 e. The van der Waals surface area contributed by atoms with Crippen molar-refractivity contribution in [2.45, 2.75) is 24.2 Å². The average molecular weight is 428 g/mol. The molecule has 0 bridgehead atoms. The summed E-state index contributed by atoms with van der Waals surface area (Å²) >= 11 is 0. The van der Waals surface area contributed by atoms with E-state index in [1.54, 1.807) is 50.2 Å². The number of amides is 1. The van der Waals surface area contributed by atoms with Crippen molar-refractivity contribution in [3.05, 3.63) is 65.6 Å². The summed E-state index contributed by atoms with van der Waals surface area (Å²) < 4.78 is 29.3. The fourth-order valence-electron chi connectivity index (χ4n) is 2.49. The lowest BCUT2D eigenvalue weighted by molar-refractivity contribution is -0.139. The second-order valence-corrected chi connectivity index (χ2v) is 8.62. The van der Waals surface area contributed by atoms with Crippen molar-refractivity contribution in [1.29, 1.82) is 5.26 Å². The van der Waals surface area contributed by atoms with Crippen LogP contribution in [-0.2, 0) is 24.8 Å². The molecule has 0 aliphatic carbocycles. The van der Waals surface area contributed by atoms with Crippen LogP contribution in [0, 0.1) is 11.3 Å². The molecule has 0 aromatic heterocycles. The molecule has 0 aliphatic rings. The van der Waals surface area contributed by atoms with Gasteiger partial charge >= 0.3 is 5.97 Å². The van der Waals surface area contributed by atoms with E-state index in [4.69, 9.17) is 15.1 Å². The van der Waals surface area contributed by atoms with Crippen LogP contribution in [0.2, 0.25) is 0 Å². The first-order chi connectivity index (χ1) is 14.1. The highest BCUT2D eigenvalue weighted by Gasteiger charge is 2.30. The second kappa shape index (κ2) is 9.24. The van der Waals surface area contributed by atoms with E-state index < -0.39 is 27.8 Å². The van der Waals surface area contributed by atoms with Crippen LogP contribution in [0.4, 0.5) is 5.69 Å².